The van der Waals surface area contributed by atoms with Crippen LogP contribution < -0.4 is 9.80 Å². The number of piperazine rings is 1. The Balaban J connectivity index is 1.33. The highest BCUT2D eigenvalue weighted by atomic mass is 32.1. The Morgan fingerprint density at radius 1 is 0.929 bits per heavy atom. The zero-order valence-corrected chi connectivity index (χ0v) is 16.2. The molecule has 4 heterocycles. The predicted octanol–water partition coefficient (Wildman–Crippen LogP) is 2.57. The first-order chi connectivity index (χ1) is 13.8. The Kier molecular flexibility index (Phi) is 4.48. The van der Waals surface area contributed by atoms with Gasteiger partial charge in [0.1, 0.15) is 0 Å². The first-order valence-electron chi connectivity index (χ1n) is 9.47. The van der Waals surface area contributed by atoms with Gasteiger partial charge in [0.2, 0.25) is 11.9 Å². The zero-order valence-electron chi connectivity index (χ0n) is 15.4. The lowest BCUT2D eigenvalue weighted by atomic mass is 9.86. The minimum atomic E-state index is 0.150. The molecule has 0 amide bonds. The number of fused-ring (bicyclic) bond motifs is 1. The second-order valence-electron chi connectivity index (χ2n) is 7.10. The van der Waals surface area contributed by atoms with Crippen molar-refractivity contribution in [2.24, 2.45) is 0 Å². The highest BCUT2D eigenvalue weighted by Gasteiger charge is 2.29. The smallest absolute Gasteiger partial charge is 0.225 e. The molecular formula is C20H20N6OS. The van der Waals surface area contributed by atoms with E-state index in [9.17, 15) is 4.79 Å². The van der Waals surface area contributed by atoms with Crippen LogP contribution in [0.4, 0.5) is 11.9 Å². The Hall–Kier alpha value is -2.87. The number of rotatable bonds is 3. The zero-order chi connectivity index (χ0) is 18.9. The maximum absolute atomic E-state index is 12.6. The number of aromatic nitrogens is 4. The first kappa shape index (κ1) is 17.2. The average molecular weight is 392 g/mol. The maximum atomic E-state index is 12.6. The van der Waals surface area contributed by atoms with Crippen LogP contribution in [0.25, 0.3) is 0 Å². The molecule has 1 atom stereocenters. The van der Waals surface area contributed by atoms with Crippen molar-refractivity contribution < 1.29 is 4.79 Å². The number of anilines is 2. The third kappa shape index (κ3) is 3.24. The van der Waals surface area contributed by atoms with Gasteiger partial charge in [0, 0.05) is 62.0 Å². The van der Waals surface area contributed by atoms with Gasteiger partial charge in [0.25, 0.3) is 0 Å². The molecule has 1 aliphatic heterocycles. The van der Waals surface area contributed by atoms with Crippen molar-refractivity contribution in [3.63, 3.8) is 0 Å². The quantitative estimate of drug-likeness (QED) is 0.678. The molecule has 3 aromatic rings. The molecule has 1 saturated heterocycles. The van der Waals surface area contributed by atoms with Crippen molar-refractivity contribution in [3.05, 3.63) is 58.3 Å². The van der Waals surface area contributed by atoms with Gasteiger partial charge < -0.3 is 9.80 Å². The molecule has 0 radical (unpaired) electrons. The Labute approximate surface area is 167 Å². The number of nitrogens with zero attached hydrogens (tertiary/aromatic N) is 6. The van der Waals surface area contributed by atoms with Gasteiger partial charge in [-0.3, -0.25) is 4.79 Å². The fourth-order valence-electron chi connectivity index (χ4n) is 3.87. The van der Waals surface area contributed by atoms with Crippen molar-refractivity contribution in [2.45, 2.75) is 18.8 Å². The van der Waals surface area contributed by atoms with Crippen molar-refractivity contribution in [1.29, 1.82) is 0 Å². The van der Waals surface area contributed by atoms with E-state index in [1.54, 1.807) is 29.9 Å². The SMILES string of the molecule is O=C1CC(c2cccs2)Cc2nc(N3CCN(c4ncccn4)CC3)ncc21. The van der Waals surface area contributed by atoms with Crippen LogP contribution in [-0.2, 0) is 6.42 Å². The summed E-state index contributed by atoms with van der Waals surface area (Å²) in [6.07, 6.45) is 6.60. The third-order valence-corrected chi connectivity index (χ3v) is 6.40. The van der Waals surface area contributed by atoms with Crippen LogP contribution in [0.5, 0.6) is 0 Å². The Morgan fingerprint density at radius 2 is 1.68 bits per heavy atom. The molecule has 1 fully saturated rings. The molecule has 0 spiro atoms. The van der Waals surface area contributed by atoms with Gasteiger partial charge in [-0.1, -0.05) is 6.07 Å². The Morgan fingerprint density at radius 3 is 2.39 bits per heavy atom. The number of thiophene rings is 1. The van der Waals surface area contributed by atoms with E-state index in [1.807, 2.05) is 12.1 Å². The Bertz CT molecular complexity index is 970. The van der Waals surface area contributed by atoms with E-state index in [1.165, 1.54) is 4.88 Å². The van der Waals surface area contributed by atoms with Crippen molar-refractivity contribution in [3.8, 4) is 0 Å². The summed E-state index contributed by atoms with van der Waals surface area (Å²) in [5.74, 6) is 1.86. The summed E-state index contributed by atoms with van der Waals surface area (Å²) >= 11 is 1.71. The van der Waals surface area contributed by atoms with Crippen molar-refractivity contribution in [2.75, 3.05) is 36.0 Å². The topological polar surface area (TPSA) is 75.1 Å². The fourth-order valence-corrected chi connectivity index (χ4v) is 4.70. The largest absolute Gasteiger partial charge is 0.337 e. The second-order valence-corrected chi connectivity index (χ2v) is 8.08. The lowest BCUT2D eigenvalue weighted by molar-refractivity contribution is 0.0963. The van der Waals surface area contributed by atoms with Crippen LogP contribution in [-0.4, -0.2) is 51.9 Å². The highest BCUT2D eigenvalue weighted by Crippen LogP contribution is 2.34. The number of Topliss-reactive ketones (excluding diaryl/α,β-unsaturated/α-hetero) is 1. The van der Waals surface area contributed by atoms with Crippen LogP contribution in [0.3, 0.4) is 0 Å². The minimum absolute atomic E-state index is 0.150. The minimum Gasteiger partial charge on any atom is -0.337 e. The number of ketones is 1. The van der Waals surface area contributed by atoms with Gasteiger partial charge in [-0.05, 0) is 23.9 Å². The standard InChI is InChI=1S/C20H20N6OS/c27-17-12-14(18-3-1-10-28-18)11-16-15(17)13-23-20(24-16)26-8-6-25(7-9-26)19-21-4-2-5-22-19/h1-5,10,13-14H,6-9,11-12H2. The number of carbonyl (C=O) groups excluding carboxylic acids is 1. The molecular weight excluding hydrogens is 372 g/mol. The molecule has 8 heteroatoms. The molecule has 0 saturated carbocycles. The summed E-state index contributed by atoms with van der Waals surface area (Å²) in [6, 6.07) is 5.98. The maximum Gasteiger partial charge on any atom is 0.225 e. The number of hydrogen-bond donors (Lipinski definition) is 0. The lowest BCUT2D eigenvalue weighted by Crippen LogP contribution is -2.47. The van der Waals surface area contributed by atoms with E-state index in [0.29, 0.717) is 17.9 Å². The monoisotopic (exact) mass is 392 g/mol. The third-order valence-electron chi connectivity index (χ3n) is 5.37. The van der Waals surface area contributed by atoms with Gasteiger partial charge in [-0.15, -0.1) is 11.3 Å². The number of hydrogen-bond acceptors (Lipinski definition) is 8. The highest BCUT2D eigenvalue weighted by molar-refractivity contribution is 7.10. The average Bonchev–Trinajstić information content (AvgIpc) is 3.29. The molecule has 7 nitrogen and oxygen atoms in total. The molecule has 1 aliphatic carbocycles. The molecule has 3 aromatic heterocycles. The summed E-state index contributed by atoms with van der Waals surface area (Å²) < 4.78 is 0. The molecule has 0 aromatic carbocycles. The predicted molar refractivity (Wildman–Crippen MR) is 108 cm³/mol. The van der Waals surface area contributed by atoms with Gasteiger partial charge >= 0.3 is 0 Å². The molecule has 0 N–H and O–H groups in total. The molecule has 142 valence electrons. The van der Waals surface area contributed by atoms with E-state index in [0.717, 1.165) is 44.2 Å². The van der Waals surface area contributed by atoms with Crippen LogP contribution in [0.2, 0.25) is 0 Å². The van der Waals surface area contributed by atoms with E-state index in [4.69, 9.17) is 4.98 Å². The van der Waals surface area contributed by atoms with Crippen molar-refractivity contribution in [1.82, 2.24) is 19.9 Å². The summed E-state index contributed by atoms with van der Waals surface area (Å²) in [4.78, 5) is 36.1. The summed E-state index contributed by atoms with van der Waals surface area (Å²) in [5, 5.41) is 2.07. The number of carbonyl (C=O) groups is 1. The van der Waals surface area contributed by atoms with Gasteiger partial charge in [0.05, 0.1) is 11.3 Å². The van der Waals surface area contributed by atoms with Gasteiger partial charge in [-0.25, -0.2) is 19.9 Å². The van der Waals surface area contributed by atoms with Crippen LogP contribution in [0, 0.1) is 0 Å². The summed E-state index contributed by atoms with van der Waals surface area (Å²) in [7, 11) is 0. The van der Waals surface area contributed by atoms with Gasteiger partial charge in [0.15, 0.2) is 5.78 Å². The summed E-state index contributed by atoms with van der Waals surface area (Å²) in [5.41, 5.74) is 1.57. The fraction of sp³-hybridized carbons (Fsp3) is 0.350. The van der Waals surface area contributed by atoms with Crippen LogP contribution >= 0.6 is 11.3 Å². The first-order valence-corrected chi connectivity index (χ1v) is 10.4. The van der Waals surface area contributed by atoms with Crippen LogP contribution in [0.1, 0.15) is 33.3 Å². The van der Waals surface area contributed by atoms with Gasteiger partial charge in [-0.2, -0.15) is 0 Å². The molecule has 5 rings (SSSR count). The van der Waals surface area contributed by atoms with E-state index in [-0.39, 0.29) is 11.7 Å². The molecule has 1 unspecified atom stereocenters. The molecule has 0 bridgehead atoms. The molecule has 28 heavy (non-hydrogen) atoms. The summed E-state index contributed by atoms with van der Waals surface area (Å²) in [6.45, 7) is 3.25. The van der Waals surface area contributed by atoms with E-state index >= 15 is 0 Å². The van der Waals surface area contributed by atoms with E-state index in [2.05, 4.69) is 36.2 Å². The lowest BCUT2D eigenvalue weighted by Gasteiger charge is -2.35. The second kappa shape index (κ2) is 7.27. The molecule has 2 aliphatic rings. The van der Waals surface area contributed by atoms with Crippen LogP contribution in [0.15, 0.2) is 42.2 Å². The normalized spacial score (nSPS) is 19.6. The van der Waals surface area contributed by atoms with Crippen molar-refractivity contribution >= 4 is 29.0 Å². The van der Waals surface area contributed by atoms with E-state index < -0.39 is 0 Å².